The Morgan fingerprint density at radius 1 is 0.853 bits per heavy atom. The summed E-state index contributed by atoms with van der Waals surface area (Å²) < 4.78 is 40.3. The van der Waals surface area contributed by atoms with Crippen LogP contribution in [0.5, 0.6) is 0 Å². The lowest BCUT2D eigenvalue weighted by Gasteiger charge is -2.22. The fourth-order valence-corrected chi connectivity index (χ4v) is 4.80. The van der Waals surface area contributed by atoms with E-state index in [1.165, 1.54) is 55.4 Å². The minimum absolute atomic E-state index is 0.0201. The predicted molar refractivity (Wildman–Crippen MR) is 130 cm³/mol. The first-order valence-corrected chi connectivity index (χ1v) is 11.7. The third-order valence-corrected chi connectivity index (χ3v) is 6.64. The molecule has 1 N–H and O–H groups in total. The van der Waals surface area contributed by atoms with Crippen molar-refractivity contribution in [3.05, 3.63) is 89.6 Å². The first kappa shape index (κ1) is 22.4. The van der Waals surface area contributed by atoms with Gasteiger partial charge in [0.1, 0.15) is 0 Å². The Morgan fingerprint density at radius 2 is 1.62 bits per heavy atom. The number of rotatable bonds is 5. The summed E-state index contributed by atoms with van der Waals surface area (Å²) in [5, 5.41) is 4.21. The van der Waals surface area contributed by atoms with Gasteiger partial charge in [-0.15, -0.1) is 0 Å². The fourth-order valence-electron chi connectivity index (χ4n) is 4.80. The molecule has 0 radical (unpaired) electrons. The highest BCUT2D eigenvalue weighted by Gasteiger charge is 2.34. The summed E-state index contributed by atoms with van der Waals surface area (Å²) in [5.74, 6) is 0.749. The molecule has 1 aliphatic carbocycles. The molecule has 0 aliphatic heterocycles. The van der Waals surface area contributed by atoms with Gasteiger partial charge in [-0.3, -0.25) is 0 Å². The molecule has 0 bridgehead atoms. The van der Waals surface area contributed by atoms with Gasteiger partial charge in [0, 0.05) is 29.4 Å². The molecule has 3 aromatic carbocycles. The second-order valence-electron chi connectivity index (χ2n) is 8.91. The summed E-state index contributed by atoms with van der Waals surface area (Å²) in [6, 6.07) is 19.8. The number of fused-ring (bicyclic) bond motifs is 1. The van der Waals surface area contributed by atoms with Crippen LogP contribution in [-0.2, 0) is 12.7 Å². The van der Waals surface area contributed by atoms with E-state index in [1.807, 2.05) is 12.1 Å². The lowest BCUT2D eigenvalue weighted by atomic mass is 9.84. The molecule has 0 amide bonds. The van der Waals surface area contributed by atoms with E-state index in [9.17, 15) is 13.2 Å². The summed E-state index contributed by atoms with van der Waals surface area (Å²) in [7, 11) is 0. The number of aromatic nitrogens is 2. The van der Waals surface area contributed by atoms with E-state index in [-0.39, 0.29) is 11.4 Å². The smallest absolute Gasteiger partial charge is 0.380 e. The summed E-state index contributed by atoms with van der Waals surface area (Å²) >= 11 is 0. The van der Waals surface area contributed by atoms with E-state index in [1.54, 1.807) is 18.3 Å². The third kappa shape index (κ3) is 4.76. The van der Waals surface area contributed by atoms with Crippen LogP contribution in [0.3, 0.4) is 0 Å². The van der Waals surface area contributed by atoms with Crippen molar-refractivity contribution in [2.24, 2.45) is 0 Å². The maximum atomic E-state index is 13.4. The maximum Gasteiger partial charge on any atom is 0.417 e. The van der Waals surface area contributed by atoms with Gasteiger partial charge < -0.3 is 5.32 Å². The predicted octanol–water partition coefficient (Wildman–Crippen LogP) is 7.98. The van der Waals surface area contributed by atoms with Crippen LogP contribution in [-0.4, -0.2) is 9.97 Å². The first-order chi connectivity index (χ1) is 16.5. The lowest BCUT2D eigenvalue weighted by Crippen LogP contribution is -2.08. The Kier molecular flexibility index (Phi) is 6.22. The van der Waals surface area contributed by atoms with Crippen molar-refractivity contribution >= 4 is 16.6 Å². The summed E-state index contributed by atoms with van der Waals surface area (Å²) in [6.45, 7) is 0.642. The highest BCUT2D eigenvalue weighted by Crippen LogP contribution is 2.36. The molecule has 34 heavy (non-hydrogen) atoms. The number of hydrogen-bond donors (Lipinski definition) is 1. The molecule has 1 heterocycles. The topological polar surface area (TPSA) is 37.8 Å². The number of nitrogens with one attached hydrogen (secondary N) is 1. The Balaban J connectivity index is 1.35. The molecule has 0 saturated heterocycles. The molecule has 4 aromatic rings. The van der Waals surface area contributed by atoms with Crippen LogP contribution in [0.15, 0.2) is 72.9 Å². The highest BCUT2D eigenvalue weighted by atomic mass is 19.4. The van der Waals surface area contributed by atoms with Gasteiger partial charge in [-0.25, -0.2) is 9.97 Å². The number of benzene rings is 3. The minimum atomic E-state index is -4.47. The SMILES string of the molecule is FC(F)(F)c1ccccc1-c1ncc2c(NCc3ccc(C4CCCCC4)cc3)cccc2n1. The van der Waals surface area contributed by atoms with Gasteiger partial charge in [-0.1, -0.05) is 67.8 Å². The van der Waals surface area contributed by atoms with Gasteiger partial charge in [0.2, 0.25) is 0 Å². The van der Waals surface area contributed by atoms with E-state index in [4.69, 9.17) is 0 Å². The molecule has 1 fully saturated rings. The average Bonchev–Trinajstić information content (AvgIpc) is 2.87. The molecule has 3 nitrogen and oxygen atoms in total. The molecule has 174 valence electrons. The van der Waals surface area contributed by atoms with E-state index < -0.39 is 11.7 Å². The van der Waals surface area contributed by atoms with Crippen molar-refractivity contribution in [2.45, 2.75) is 50.7 Å². The largest absolute Gasteiger partial charge is 0.417 e. The van der Waals surface area contributed by atoms with E-state index in [0.717, 1.165) is 17.1 Å². The molecule has 5 rings (SSSR count). The number of hydrogen-bond acceptors (Lipinski definition) is 3. The van der Waals surface area contributed by atoms with Crippen molar-refractivity contribution in [1.82, 2.24) is 9.97 Å². The van der Waals surface area contributed by atoms with Crippen molar-refractivity contribution in [1.29, 1.82) is 0 Å². The van der Waals surface area contributed by atoms with Gasteiger partial charge in [-0.2, -0.15) is 13.2 Å². The lowest BCUT2D eigenvalue weighted by molar-refractivity contribution is -0.137. The van der Waals surface area contributed by atoms with Crippen LogP contribution in [0.4, 0.5) is 18.9 Å². The zero-order chi connectivity index (χ0) is 23.5. The molecule has 1 saturated carbocycles. The van der Waals surface area contributed by atoms with Gasteiger partial charge in [0.05, 0.1) is 11.1 Å². The molecule has 0 unspecified atom stereocenters. The second kappa shape index (κ2) is 9.45. The van der Waals surface area contributed by atoms with Gasteiger partial charge >= 0.3 is 6.18 Å². The fraction of sp³-hybridized carbons (Fsp3) is 0.286. The average molecular weight is 462 g/mol. The number of alkyl halides is 3. The Morgan fingerprint density at radius 3 is 2.38 bits per heavy atom. The minimum Gasteiger partial charge on any atom is -0.380 e. The van der Waals surface area contributed by atoms with Crippen LogP contribution in [0, 0.1) is 0 Å². The van der Waals surface area contributed by atoms with E-state index >= 15 is 0 Å². The summed E-state index contributed by atoms with van der Waals surface area (Å²) in [6.07, 6.45) is 3.68. The molecule has 1 aliphatic rings. The van der Waals surface area contributed by atoms with Gasteiger partial charge in [0.25, 0.3) is 0 Å². The summed E-state index contributed by atoms with van der Waals surface area (Å²) in [4.78, 5) is 8.73. The number of nitrogens with zero attached hydrogens (tertiary/aromatic N) is 2. The Hall–Kier alpha value is -3.41. The third-order valence-electron chi connectivity index (χ3n) is 6.64. The van der Waals surface area contributed by atoms with Crippen molar-refractivity contribution in [2.75, 3.05) is 5.32 Å². The molecule has 6 heteroatoms. The normalized spacial score (nSPS) is 14.9. The first-order valence-electron chi connectivity index (χ1n) is 11.7. The number of anilines is 1. The Labute approximate surface area is 197 Å². The zero-order valence-corrected chi connectivity index (χ0v) is 18.8. The molecule has 0 spiro atoms. The Bertz CT molecular complexity index is 1280. The van der Waals surface area contributed by atoms with Crippen molar-refractivity contribution in [3.8, 4) is 11.4 Å². The van der Waals surface area contributed by atoms with Crippen LogP contribution in [0.1, 0.15) is 54.7 Å². The second-order valence-corrected chi connectivity index (χ2v) is 8.91. The monoisotopic (exact) mass is 461 g/mol. The molecular formula is C28H26F3N3. The quantitative estimate of drug-likeness (QED) is 0.327. The van der Waals surface area contributed by atoms with E-state index in [2.05, 4.69) is 39.6 Å². The standard InChI is InChI=1S/C28H26F3N3/c29-28(30,31)24-10-5-4-9-22(24)27-33-18-23-25(11-6-12-26(23)34-27)32-17-19-13-15-21(16-14-19)20-7-2-1-3-8-20/h4-6,9-16,18,20,32H,1-3,7-8,17H2. The van der Waals surface area contributed by atoms with E-state index in [0.29, 0.717) is 18.0 Å². The molecule has 1 aromatic heterocycles. The van der Waals surface area contributed by atoms with Crippen molar-refractivity contribution in [3.63, 3.8) is 0 Å². The molecule has 0 atom stereocenters. The van der Waals surface area contributed by atoms with Gasteiger partial charge in [-0.05, 0) is 48.1 Å². The highest BCUT2D eigenvalue weighted by molar-refractivity contribution is 5.91. The maximum absolute atomic E-state index is 13.4. The van der Waals surface area contributed by atoms with Crippen LogP contribution >= 0.6 is 0 Å². The molecular weight excluding hydrogens is 435 g/mol. The van der Waals surface area contributed by atoms with Gasteiger partial charge in [0.15, 0.2) is 5.82 Å². The van der Waals surface area contributed by atoms with Crippen LogP contribution in [0.2, 0.25) is 0 Å². The van der Waals surface area contributed by atoms with Crippen molar-refractivity contribution < 1.29 is 13.2 Å². The zero-order valence-electron chi connectivity index (χ0n) is 18.8. The van der Waals surface area contributed by atoms with Crippen LogP contribution < -0.4 is 5.32 Å². The van der Waals surface area contributed by atoms with Crippen LogP contribution in [0.25, 0.3) is 22.3 Å². The summed E-state index contributed by atoms with van der Waals surface area (Å²) in [5.41, 5.74) is 3.29. The number of halogens is 3.